The van der Waals surface area contributed by atoms with Crippen LogP contribution in [0.5, 0.6) is 0 Å². The van der Waals surface area contributed by atoms with Crippen LogP contribution < -0.4 is 16.0 Å². The number of nitrogens with zero attached hydrogens (tertiary/aromatic N) is 1. The highest BCUT2D eigenvalue weighted by Crippen LogP contribution is 2.19. The quantitative estimate of drug-likeness (QED) is 0.564. The lowest BCUT2D eigenvalue weighted by Gasteiger charge is -2.30. The van der Waals surface area contributed by atoms with Crippen molar-refractivity contribution in [2.75, 3.05) is 30.3 Å². The molecule has 1 unspecified atom stereocenters. The van der Waals surface area contributed by atoms with Gasteiger partial charge in [-0.05, 0) is 74.6 Å². The van der Waals surface area contributed by atoms with E-state index in [0.29, 0.717) is 22.7 Å². The first-order chi connectivity index (χ1) is 15.9. The van der Waals surface area contributed by atoms with E-state index in [0.717, 1.165) is 38.0 Å². The van der Waals surface area contributed by atoms with Gasteiger partial charge in [-0.1, -0.05) is 19.9 Å². The molecule has 2 aromatic rings. The molecule has 0 aliphatic carbocycles. The zero-order valence-corrected chi connectivity index (χ0v) is 19.7. The van der Waals surface area contributed by atoms with E-state index in [-0.39, 0.29) is 30.3 Å². The molecule has 33 heavy (non-hydrogen) atoms. The van der Waals surface area contributed by atoms with Crippen LogP contribution in [0.3, 0.4) is 0 Å². The fourth-order valence-electron chi connectivity index (χ4n) is 3.66. The molecular weight excluding hydrogens is 416 g/mol. The fourth-order valence-corrected chi connectivity index (χ4v) is 3.66. The van der Waals surface area contributed by atoms with Crippen LogP contribution in [0, 0.1) is 5.92 Å². The topological polar surface area (TPSA) is 90.5 Å². The Morgan fingerprint density at radius 1 is 1.00 bits per heavy atom. The van der Waals surface area contributed by atoms with Crippen molar-refractivity contribution in [1.29, 1.82) is 0 Å². The lowest BCUT2D eigenvalue weighted by atomic mass is 9.98. The van der Waals surface area contributed by atoms with Crippen LogP contribution in [0.4, 0.5) is 11.4 Å². The summed E-state index contributed by atoms with van der Waals surface area (Å²) in [6.45, 7) is 7.86. The normalized spacial score (nSPS) is 14.9. The van der Waals surface area contributed by atoms with Crippen molar-refractivity contribution in [3.63, 3.8) is 0 Å². The number of benzene rings is 2. The number of rotatable bonds is 8. The predicted octanol–water partition coefficient (Wildman–Crippen LogP) is 4.14. The minimum atomic E-state index is -0.225. The Bertz CT molecular complexity index is 966. The number of carbonyl (C=O) groups is 3. The van der Waals surface area contributed by atoms with Gasteiger partial charge in [0.15, 0.2) is 0 Å². The maximum Gasteiger partial charge on any atom is 0.253 e. The largest absolute Gasteiger partial charge is 0.376 e. The molecule has 0 spiro atoms. The second kappa shape index (κ2) is 11.5. The van der Waals surface area contributed by atoms with E-state index in [1.54, 1.807) is 36.4 Å². The van der Waals surface area contributed by atoms with Gasteiger partial charge in [0, 0.05) is 41.6 Å². The summed E-state index contributed by atoms with van der Waals surface area (Å²) in [4.78, 5) is 39.2. The smallest absolute Gasteiger partial charge is 0.253 e. The summed E-state index contributed by atoms with van der Waals surface area (Å²) in [6, 6.07) is 14.2. The van der Waals surface area contributed by atoms with Gasteiger partial charge < -0.3 is 20.9 Å². The van der Waals surface area contributed by atoms with Gasteiger partial charge in [0.1, 0.15) is 0 Å². The van der Waals surface area contributed by atoms with Crippen LogP contribution in [-0.2, 0) is 4.79 Å². The number of likely N-dealkylation sites (tertiary alicyclic amines) is 1. The van der Waals surface area contributed by atoms with Crippen molar-refractivity contribution in [1.82, 2.24) is 10.2 Å². The Morgan fingerprint density at radius 3 is 2.36 bits per heavy atom. The summed E-state index contributed by atoms with van der Waals surface area (Å²) >= 11 is 0. The van der Waals surface area contributed by atoms with Gasteiger partial charge in [0.2, 0.25) is 5.91 Å². The van der Waals surface area contributed by atoms with E-state index < -0.39 is 0 Å². The summed E-state index contributed by atoms with van der Waals surface area (Å²) in [7, 11) is 0. The number of hydrogen-bond donors (Lipinski definition) is 3. The Kier molecular flexibility index (Phi) is 8.46. The summed E-state index contributed by atoms with van der Waals surface area (Å²) in [5, 5.41) is 8.80. The third kappa shape index (κ3) is 7.07. The average Bonchev–Trinajstić information content (AvgIpc) is 2.83. The fraction of sp³-hybridized carbons (Fsp3) is 0.423. The maximum absolute atomic E-state index is 12.7. The van der Waals surface area contributed by atoms with E-state index in [1.165, 1.54) is 0 Å². The first kappa shape index (κ1) is 24.3. The summed E-state index contributed by atoms with van der Waals surface area (Å²) < 4.78 is 0. The number of nitrogens with one attached hydrogen (secondary N) is 3. The average molecular weight is 451 g/mol. The van der Waals surface area contributed by atoms with Crippen molar-refractivity contribution in [3.05, 3.63) is 59.7 Å². The molecule has 3 amide bonds. The van der Waals surface area contributed by atoms with Crippen LogP contribution in [0.2, 0.25) is 0 Å². The molecule has 7 heteroatoms. The highest BCUT2D eigenvalue weighted by Gasteiger charge is 2.21. The number of anilines is 2. The Hall–Kier alpha value is -3.35. The molecule has 1 fully saturated rings. The predicted molar refractivity (Wildman–Crippen MR) is 132 cm³/mol. The lowest BCUT2D eigenvalue weighted by molar-refractivity contribution is -0.114. The van der Waals surface area contributed by atoms with Crippen molar-refractivity contribution in [2.45, 2.75) is 46.1 Å². The number of hydrogen-bond acceptors (Lipinski definition) is 4. The maximum atomic E-state index is 12.7. The van der Waals surface area contributed by atoms with Gasteiger partial charge in [-0.15, -0.1) is 0 Å². The Labute approximate surface area is 195 Å². The van der Waals surface area contributed by atoms with Crippen LogP contribution >= 0.6 is 0 Å². The molecule has 1 aliphatic heterocycles. The Balaban J connectivity index is 1.49. The van der Waals surface area contributed by atoms with Gasteiger partial charge in [0.05, 0.1) is 6.54 Å². The molecule has 3 N–H and O–H groups in total. The second-order valence-corrected chi connectivity index (χ2v) is 8.82. The van der Waals surface area contributed by atoms with Crippen molar-refractivity contribution in [3.8, 4) is 0 Å². The molecule has 1 saturated heterocycles. The molecule has 2 aromatic carbocycles. The van der Waals surface area contributed by atoms with Crippen molar-refractivity contribution in [2.24, 2.45) is 5.92 Å². The molecule has 0 aromatic heterocycles. The van der Waals surface area contributed by atoms with Gasteiger partial charge in [-0.2, -0.15) is 0 Å². The molecule has 7 nitrogen and oxygen atoms in total. The summed E-state index contributed by atoms with van der Waals surface area (Å²) in [5.41, 5.74) is 2.49. The summed E-state index contributed by atoms with van der Waals surface area (Å²) in [5.74, 6) is 0.351. The zero-order valence-electron chi connectivity index (χ0n) is 19.7. The van der Waals surface area contributed by atoms with Gasteiger partial charge in [-0.25, -0.2) is 0 Å². The van der Waals surface area contributed by atoms with Gasteiger partial charge in [-0.3, -0.25) is 14.4 Å². The molecular formula is C26H34N4O3. The standard InChI is InChI=1S/C26H34N4O3/c1-4-19(3)28-25(32)21-6-5-7-23(16-21)29-24(31)17-27-22-10-8-20(9-11-22)26(33)30-14-12-18(2)13-15-30/h5-11,16,18-19,27H,4,12-15,17H2,1-3H3,(H,28,32)(H,29,31). The third-order valence-corrected chi connectivity index (χ3v) is 6.05. The number of carbonyl (C=O) groups excluding carboxylic acids is 3. The molecule has 3 rings (SSSR count). The molecule has 1 heterocycles. The lowest BCUT2D eigenvalue weighted by Crippen LogP contribution is -2.37. The monoisotopic (exact) mass is 450 g/mol. The Morgan fingerprint density at radius 2 is 1.70 bits per heavy atom. The zero-order chi connectivity index (χ0) is 23.8. The van der Waals surface area contributed by atoms with Crippen molar-refractivity contribution < 1.29 is 14.4 Å². The number of piperidine rings is 1. The minimum Gasteiger partial charge on any atom is -0.376 e. The molecule has 1 atom stereocenters. The highest BCUT2D eigenvalue weighted by atomic mass is 16.2. The van der Waals surface area contributed by atoms with E-state index in [2.05, 4.69) is 22.9 Å². The molecule has 0 saturated carbocycles. The van der Waals surface area contributed by atoms with Crippen molar-refractivity contribution >= 4 is 29.1 Å². The first-order valence-corrected chi connectivity index (χ1v) is 11.7. The van der Waals surface area contributed by atoms with E-state index in [4.69, 9.17) is 0 Å². The first-order valence-electron chi connectivity index (χ1n) is 11.7. The molecule has 1 aliphatic rings. The van der Waals surface area contributed by atoms with Crippen LogP contribution in [0.15, 0.2) is 48.5 Å². The van der Waals surface area contributed by atoms with E-state index >= 15 is 0 Å². The molecule has 0 bridgehead atoms. The number of amides is 3. The molecule has 0 radical (unpaired) electrons. The third-order valence-electron chi connectivity index (χ3n) is 6.05. The second-order valence-electron chi connectivity index (χ2n) is 8.82. The molecule has 176 valence electrons. The van der Waals surface area contributed by atoms with Crippen LogP contribution in [-0.4, -0.2) is 48.3 Å². The van der Waals surface area contributed by atoms with Gasteiger partial charge >= 0.3 is 0 Å². The highest BCUT2D eigenvalue weighted by molar-refractivity contribution is 5.98. The SMILES string of the molecule is CCC(C)NC(=O)c1cccc(NC(=O)CNc2ccc(C(=O)N3CCC(C)CC3)cc2)c1. The summed E-state index contributed by atoms with van der Waals surface area (Å²) in [6.07, 6.45) is 2.94. The minimum absolute atomic E-state index is 0.0587. The van der Waals surface area contributed by atoms with E-state index in [9.17, 15) is 14.4 Å². The van der Waals surface area contributed by atoms with Gasteiger partial charge in [0.25, 0.3) is 11.8 Å². The van der Waals surface area contributed by atoms with Crippen LogP contribution in [0.25, 0.3) is 0 Å². The van der Waals surface area contributed by atoms with E-state index in [1.807, 2.05) is 30.9 Å². The van der Waals surface area contributed by atoms with Crippen LogP contribution in [0.1, 0.15) is 60.7 Å².